The van der Waals surface area contributed by atoms with E-state index >= 15 is 0 Å². The molecular weight excluding hydrogens is 482 g/mol. The highest BCUT2D eigenvalue weighted by atomic mass is 32.2. The van der Waals surface area contributed by atoms with E-state index in [0.717, 1.165) is 45.8 Å². The number of hydrogen-bond acceptors (Lipinski definition) is 7. The number of ether oxygens (including phenoxy) is 1. The lowest BCUT2D eigenvalue weighted by atomic mass is 10.2. The first-order valence-electron chi connectivity index (χ1n) is 12.4. The van der Waals surface area contributed by atoms with Crippen LogP contribution in [0.4, 0.5) is 33.2 Å². The van der Waals surface area contributed by atoms with Crippen LogP contribution in [0.3, 0.4) is 0 Å². The molecule has 188 valence electrons. The Morgan fingerprint density at radius 2 is 1.65 bits per heavy atom. The van der Waals surface area contributed by atoms with Gasteiger partial charge in [-0.25, -0.2) is 9.78 Å². The number of benzene rings is 2. The SMILES string of the molecule is CCOC(=O)Nc1cncc(Sc2cc(N(c3ccccc3)c3ccccc3)c(N3CCCC3)cn2)c1. The summed E-state index contributed by atoms with van der Waals surface area (Å²) in [5, 5.41) is 3.55. The number of hydrogen-bond donors (Lipinski definition) is 1. The van der Waals surface area contributed by atoms with Gasteiger partial charge in [-0.15, -0.1) is 0 Å². The summed E-state index contributed by atoms with van der Waals surface area (Å²) in [6, 6.07) is 24.8. The first-order valence-corrected chi connectivity index (χ1v) is 13.2. The van der Waals surface area contributed by atoms with Crippen LogP contribution >= 0.6 is 11.8 Å². The molecule has 0 aliphatic carbocycles. The van der Waals surface area contributed by atoms with Gasteiger partial charge in [0.25, 0.3) is 0 Å². The number of para-hydroxylation sites is 2. The fraction of sp³-hybridized carbons (Fsp3) is 0.207. The number of nitrogens with zero attached hydrogens (tertiary/aromatic N) is 4. The average Bonchev–Trinajstić information content (AvgIpc) is 3.46. The summed E-state index contributed by atoms with van der Waals surface area (Å²) in [5.74, 6) is 0. The Morgan fingerprint density at radius 3 is 2.30 bits per heavy atom. The quantitative estimate of drug-likeness (QED) is 0.267. The van der Waals surface area contributed by atoms with Crippen molar-refractivity contribution in [2.45, 2.75) is 29.7 Å². The second-order valence-corrected chi connectivity index (χ2v) is 9.66. The predicted molar refractivity (Wildman–Crippen MR) is 149 cm³/mol. The molecule has 1 fully saturated rings. The maximum absolute atomic E-state index is 11.8. The number of carbonyl (C=O) groups is 1. The Bertz CT molecular complexity index is 1290. The molecule has 7 nitrogen and oxygen atoms in total. The minimum absolute atomic E-state index is 0.309. The van der Waals surface area contributed by atoms with E-state index in [-0.39, 0.29) is 0 Å². The minimum Gasteiger partial charge on any atom is -0.450 e. The molecule has 1 aliphatic heterocycles. The Balaban J connectivity index is 1.53. The molecule has 4 aromatic rings. The number of rotatable bonds is 8. The fourth-order valence-corrected chi connectivity index (χ4v) is 5.20. The van der Waals surface area contributed by atoms with Gasteiger partial charge in [0.1, 0.15) is 5.03 Å². The van der Waals surface area contributed by atoms with Crippen molar-refractivity contribution in [3.8, 4) is 0 Å². The molecule has 37 heavy (non-hydrogen) atoms. The molecule has 5 rings (SSSR count). The molecule has 3 heterocycles. The van der Waals surface area contributed by atoms with Gasteiger partial charge in [0, 0.05) is 35.6 Å². The van der Waals surface area contributed by atoms with Crippen LogP contribution in [0.2, 0.25) is 0 Å². The van der Waals surface area contributed by atoms with Crippen molar-refractivity contribution in [3.63, 3.8) is 0 Å². The summed E-state index contributed by atoms with van der Waals surface area (Å²) in [4.78, 5) is 26.5. The zero-order chi connectivity index (χ0) is 25.5. The number of amides is 1. The van der Waals surface area contributed by atoms with Crippen LogP contribution in [0, 0.1) is 0 Å². The van der Waals surface area contributed by atoms with E-state index in [9.17, 15) is 4.79 Å². The smallest absolute Gasteiger partial charge is 0.411 e. The van der Waals surface area contributed by atoms with Crippen LogP contribution in [0.5, 0.6) is 0 Å². The van der Waals surface area contributed by atoms with Crippen molar-refractivity contribution in [1.82, 2.24) is 9.97 Å². The second-order valence-electron chi connectivity index (χ2n) is 8.57. The molecule has 1 saturated heterocycles. The average molecular weight is 512 g/mol. The van der Waals surface area contributed by atoms with Gasteiger partial charge in [-0.3, -0.25) is 10.3 Å². The van der Waals surface area contributed by atoms with Crippen molar-refractivity contribution < 1.29 is 9.53 Å². The predicted octanol–water partition coefficient (Wildman–Crippen LogP) is 7.27. The number of anilines is 5. The van der Waals surface area contributed by atoms with Gasteiger partial charge >= 0.3 is 6.09 Å². The molecule has 2 aromatic heterocycles. The summed E-state index contributed by atoms with van der Waals surface area (Å²) in [6.07, 6.45) is 7.21. The maximum atomic E-state index is 11.8. The van der Waals surface area contributed by atoms with E-state index in [1.807, 2.05) is 24.4 Å². The van der Waals surface area contributed by atoms with E-state index in [2.05, 4.69) is 74.7 Å². The monoisotopic (exact) mass is 511 g/mol. The van der Waals surface area contributed by atoms with Gasteiger partial charge in [0.15, 0.2) is 0 Å². The van der Waals surface area contributed by atoms with Crippen LogP contribution in [-0.4, -0.2) is 35.8 Å². The third-order valence-corrected chi connectivity index (χ3v) is 6.90. The molecule has 1 aliphatic rings. The Kier molecular flexibility index (Phi) is 7.86. The largest absolute Gasteiger partial charge is 0.450 e. The fourth-order valence-electron chi connectivity index (χ4n) is 4.39. The van der Waals surface area contributed by atoms with Crippen LogP contribution in [-0.2, 0) is 4.74 Å². The molecule has 1 N–H and O–H groups in total. The molecule has 0 spiro atoms. The van der Waals surface area contributed by atoms with Crippen molar-refractivity contribution in [2.75, 3.05) is 34.8 Å². The summed E-state index contributed by atoms with van der Waals surface area (Å²) in [7, 11) is 0. The summed E-state index contributed by atoms with van der Waals surface area (Å²) < 4.78 is 4.98. The minimum atomic E-state index is -0.497. The highest BCUT2D eigenvalue weighted by Crippen LogP contribution is 2.43. The van der Waals surface area contributed by atoms with Crippen LogP contribution < -0.4 is 15.1 Å². The van der Waals surface area contributed by atoms with Gasteiger partial charge in [-0.05, 0) is 56.2 Å². The normalized spacial score (nSPS) is 12.8. The summed E-state index contributed by atoms with van der Waals surface area (Å²) in [5.41, 5.74) is 4.93. The van der Waals surface area contributed by atoms with Gasteiger partial charge in [0.05, 0.1) is 36.1 Å². The maximum Gasteiger partial charge on any atom is 0.411 e. The van der Waals surface area contributed by atoms with Gasteiger partial charge in [-0.1, -0.05) is 48.2 Å². The molecule has 0 atom stereocenters. The van der Waals surface area contributed by atoms with E-state index < -0.39 is 6.09 Å². The van der Waals surface area contributed by atoms with Gasteiger partial charge in [-0.2, -0.15) is 0 Å². The first kappa shape index (κ1) is 24.6. The van der Waals surface area contributed by atoms with E-state index in [4.69, 9.17) is 9.72 Å². The zero-order valence-electron chi connectivity index (χ0n) is 20.7. The lowest BCUT2D eigenvalue weighted by molar-refractivity contribution is 0.168. The topological polar surface area (TPSA) is 70.6 Å². The van der Waals surface area contributed by atoms with Gasteiger partial charge < -0.3 is 14.5 Å². The highest BCUT2D eigenvalue weighted by molar-refractivity contribution is 7.99. The van der Waals surface area contributed by atoms with E-state index in [0.29, 0.717) is 12.3 Å². The second kappa shape index (κ2) is 11.8. The molecule has 2 aromatic carbocycles. The van der Waals surface area contributed by atoms with Crippen LogP contribution in [0.1, 0.15) is 19.8 Å². The van der Waals surface area contributed by atoms with E-state index in [1.54, 1.807) is 19.3 Å². The highest BCUT2D eigenvalue weighted by Gasteiger charge is 2.23. The third-order valence-electron chi connectivity index (χ3n) is 6.01. The van der Waals surface area contributed by atoms with Gasteiger partial charge in [0.2, 0.25) is 0 Å². The molecule has 1 amide bonds. The lowest BCUT2D eigenvalue weighted by Crippen LogP contribution is -2.22. The lowest BCUT2D eigenvalue weighted by Gasteiger charge is -2.31. The Labute approximate surface area is 221 Å². The van der Waals surface area contributed by atoms with Crippen molar-refractivity contribution in [3.05, 3.63) is 91.4 Å². The first-order chi connectivity index (χ1) is 18.2. The Hall–Kier alpha value is -4.04. The molecule has 0 saturated carbocycles. The molecular formula is C29H29N5O2S. The van der Waals surface area contributed by atoms with E-state index in [1.165, 1.54) is 24.6 Å². The number of nitrogens with one attached hydrogen (secondary N) is 1. The summed E-state index contributed by atoms with van der Waals surface area (Å²) >= 11 is 1.50. The molecule has 0 bridgehead atoms. The van der Waals surface area contributed by atoms with Crippen molar-refractivity contribution >= 4 is 46.3 Å². The number of pyridine rings is 2. The number of aromatic nitrogens is 2. The Morgan fingerprint density at radius 1 is 0.973 bits per heavy atom. The zero-order valence-corrected chi connectivity index (χ0v) is 21.5. The molecule has 0 unspecified atom stereocenters. The standard InChI is InChI=1S/C29H29N5O2S/c1-2-36-29(35)32-22-17-25(20-30-19-22)37-28-18-26(27(21-31-28)33-15-9-10-16-33)34(23-11-5-3-6-12-23)24-13-7-4-8-14-24/h3-8,11-14,17-21H,2,9-10,15-16H2,1H3,(H,32,35). The molecule has 8 heteroatoms. The third kappa shape index (κ3) is 6.03. The number of carbonyl (C=O) groups excluding carboxylic acids is 1. The van der Waals surface area contributed by atoms with Crippen molar-refractivity contribution in [1.29, 1.82) is 0 Å². The van der Waals surface area contributed by atoms with Crippen LogP contribution in [0.15, 0.2) is 101 Å². The van der Waals surface area contributed by atoms with Crippen LogP contribution in [0.25, 0.3) is 0 Å². The summed E-state index contributed by atoms with van der Waals surface area (Å²) in [6.45, 7) is 4.12. The molecule has 0 radical (unpaired) electrons. The van der Waals surface area contributed by atoms with Crippen molar-refractivity contribution in [2.24, 2.45) is 0 Å².